The van der Waals surface area contributed by atoms with E-state index in [1.165, 1.54) is 0 Å². The first-order valence-corrected chi connectivity index (χ1v) is 5.01. The molecule has 0 bridgehead atoms. The molecule has 0 aromatic heterocycles. The van der Waals surface area contributed by atoms with Gasteiger partial charge in [0.05, 0.1) is 12.4 Å². The quantitative estimate of drug-likeness (QED) is 0.646. The molecular weight excluding hydrogens is 176 g/mol. The summed E-state index contributed by atoms with van der Waals surface area (Å²) < 4.78 is 5.49. The minimum absolute atomic E-state index is 0.0922. The first kappa shape index (κ1) is 11.0. The number of hydrogen-bond acceptors (Lipinski definition) is 2. The molecule has 1 rings (SSSR count). The molecule has 0 fully saturated rings. The standard InChI is InChI=1S/C12H18O2/c1-5-14-10-6-9(2)11(8-13)12(3,4)7-10/h6,8H,5,7H2,1-4H3. The van der Waals surface area contributed by atoms with Crippen molar-refractivity contribution in [2.24, 2.45) is 5.41 Å². The Hall–Kier alpha value is -1.05. The topological polar surface area (TPSA) is 26.3 Å². The third kappa shape index (κ3) is 2.06. The molecule has 1 aliphatic carbocycles. The van der Waals surface area contributed by atoms with E-state index >= 15 is 0 Å². The summed E-state index contributed by atoms with van der Waals surface area (Å²) in [5, 5.41) is 0. The Labute approximate surface area is 85.6 Å². The van der Waals surface area contributed by atoms with E-state index in [4.69, 9.17) is 4.74 Å². The van der Waals surface area contributed by atoms with Crippen LogP contribution < -0.4 is 0 Å². The van der Waals surface area contributed by atoms with Crippen LogP contribution in [0.25, 0.3) is 0 Å². The number of carbonyl (C=O) groups is 1. The molecule has 2 heteroatoms. The van der Waals surface area contributed by atoms with Crippen molar-refractivity contribution in [1.29, 1.82) is 0 Å². The second-order valence-electron chi connectivity index (χ2n) is 4.32. The fraction of sp³-hybridized carbons (Fsp3) is 0.583. The number of hydrogen-bond donors (Lipinski definition) is 0. The van der Waals surface area contributed by atoms with Crippen LogP contribution in [0.1, 0.15) is 34.1 Å². The van der Waals surface area contributed by atoms with Crippen LogP contribution in [0.15, 0.2) is 23.0 Å². The molecule has 14 heavy (non-hydrogen) atoms. The van der Waals surface area contributed by atoms with Gasteiger partial charge in [0, 0.05) is 17.4 Å². The molecule has 0 unspecified atom stereocenters. The van der Waals surface area contributed by atoms with Crippen LogP contribution in [0.3, 0.4) is 0 Å². The molecular formula is C12H18O2. The van der Waals surface area contributed by atoms with Crippen LogP contribution in [0.4, 0.5) is 0 Å². The van der Waals surface area contributed by atoms with Crippen molar-refractivity contribution >= 4 is 6.29 Å². The van der Waals surface area contributed by atoms with Crippen LogP contribution in [0.2, 0.25) is 0 Å². The monoisotopic (exact) mass is 194 g/mol. The Morgan fingerprint density at radius 2 is 2.21 bits per heavy atom. The van der Waals surface area contributed by atoms with E-state index in [2.05, 4.69) is 13.8 Å². The number of aldehydes is 1. The first-order chi connectivity index (χ1) is 6.51. The predicted molar refractivity (Wildman–Crippen MR) is 56.9 cm³/mol. The number of carbonyl (C=O) groups excluding carboxylic acids is 1. The summed E-state index contributed by atoms with van der Waals surface area (Å²) in [6.07, 6.45) is 3.75. The minimum Gasteiger partial charge on any atom is -0.498 e. The lowest BCUT2D eigenvalue weighted by atomic mass is 9.75. The van der Waals surface area contributed by atoms with E-state index in [1.807, 2.05) is 19.9 Å². The third-order valence-electron chi connectivity index (χ3n) is 2.60. The van der Waals surface area contributed by atoms with E-state index in [0.717, 1.165) is 29.6 Å². The van der Waals surface area contributed by atoms with Gasteiger partial charge >= 0.3 is 0 Å². The summed E-state index contributed by atoms with van der Waals surface area (Å²) in [7, 11) is 0. The van der Waals surface area contributed by atoms with Crippen molar-refractivity contribution in [3.63, 3.8) is 0 Å². The molecule has 2 nitrogen and oxygen atoms in total. The van der Waals surface area contributed by atoms with Crippen LogP contribution in [-0.2, 0) is 9.53 Å². The summed E-state index contributed by atoms with van der Waals surface area (Å²) in [4.78, 5) is 10.9. The zero-order valence-corrected chi connectivity index (χ0v) is 9.39. The maximum atomic E-state index is 10.9. The van der Waals surface area contributed by atoms with Gasteiger partial charge in [-0.05, 0) is 25.5 Å². The largest absolute Gasteiger partial charge is 0.498 e. The van der Waals surface area contributed by atoms with Crippen molar-refractivity contribution in [1.82, 2.24) is 0 Å². The minimum atomic E-state index is -0.0922. The number of allylic oxidation sites excluding steroid dienone is 4. The van der Waals surface area contributed by atoms with Crippen LogP contribution in [0.5, 0.6) is 0 Å². The molecule has 0 heterocycles. The lowest BCUT2D eigenvalue weighted by molar-refractivity contribution is -0.105. The molecule has 0 aromatic rings. The molecule has 0 radical (unpaired) electrons. The van der Waals surface area contributed by atoms with E-state index in [9.17, 15) is 4.79 Å². The molecule has 0 aliphatic heterocycles. The highest BCUT2D eigenvalue weighted by molar-refractivity contribution is 5.78. The zero-order valence-electron chi connectivity index (χ0n) is 9.39. The van der Waals surface area contributed by atoms with Gasteiger partial charge in [0.25, 0.3) is 0 Å². The normalized spacial score (nSPS) is 20.4. The van der Waals surface area contributed by atoms with Gasteiger partial charge in [-0.3, -0.25) is 4.79 Å². The summed E-state index contributed by atoms with van der Waals surface area (Å²) in [6.45, 7) is 8.77. The average molecular weight is 194 g/mol. The predicted octanol–water partition coefficient (Wildman–Crippen LogP) is 2.85. The van der Waals surface area contributed by atoms with Gasteiger partial charge in [0.15, 0.2) is 0 Å². The van der Waals surface area contributed by atoms with Crippen LogP contribution in [0, 0.1) is 5.41 Å². The Kier molecular flexibility index (Phi) is 3.14. The Morgan fingerprint density at radius 3 is 2.64 bits per heavy atom. The van der Waals surface area contributed by atoms with Crippen LogP contribution >= 0.6 is 0 Å². The lowest BCUT2D eigenvalue weighted by Gasteiger charge is -2.31. The molecule has 0 amide bonds. The smallest absolute Gasteiger partial charge is 0.146 e. The van der Waals surface area contributed by atoms with E-state index < -0.39 is 0 Å². The molecule has 0 saturated carbocycles. The van der Waals surface area contributed by atoms with Gasteiger partial charge in [-0.25, -0.2) is 0 Å². The van der Waals surface area contributed by atoms with Crippen molar-refractivity contribution in [2.75, 3.05) is 6.61 Å². The van der Waals surface area contributed by atoms with Gasteiger partial charge in [-0.15, -0.1) is 0 Å². The summed E-state index contributed by atoms with van der Waals surface area (Å²) >= 11 is 0. The maximum absolute atomic E-state index is 10.9. The van der Waals surface area contributed by atoms with E-state index in [0.29, 0.717) is 6.61 Å². The maximum Gasteiger partial charge on any atom is 0.146 e. The fourth-order valence-corrected chi connectivity index (χ4v) is 1.97. The van der Waals surface area contributed by atoms with Crippen molar-refractivity contribution in [3.8, 4) is 0 Å². The summed E-state index contributed by atoms with van der Waals surface area (Å²) in [6, 6.07) is 0. The van der Waals surface area contributed by atoms with Gasteiger partial charge in [0.1, 0.15) is 6.29 Å². The lowest BCUT2D eigenvalue weighted by Crippen LogP contribution is -2.22. The Bertz CT molecular complexity index is 295. The van der Waals surface area contributed by atoms with Crippen molar-refractivity contribution in [2.45, 2.75) is 34.1 Å². The SMILES string of the molecule is CCOC1=CC(C)=C(C=O)C(C)(C)C1. The second-order valence-corrected chi connectivity index (χ2v) is 4.32. The van der Waals surface area contributed by atoms with Gasteiger partial charge in [-0.2, -0.15) is 0 Å². The van der Waals surface area contributed by atoms with Gasteiger partial charge < -0.3 is 4.74 Å². The number of ether oxygens (including phenoxy) is 1. The third-order valence-corrected chi connectivity index (χ3v) is 2.60. The van der Waals surface area contributed by atoms with Crippen molar-refractivity contribution in [3.05, 3.63) is 23.0 Å². The highest BCUT2D eigenvalue weighted by Gasteiger charge is 2.29. The molecule has 0 N–H and O–H groups in total. The fourth-order valence-electron chi connectivity index (χ4n) is 1.97. The molecule has 0 atom stereocenters. The van der Waals surface area contributed by atoms with Crippen LogP contribution in [-0.4, -0.2) is 12.9 Å². The zero-order chi connectivity index (χ0) is 10.8. The molecule has 0 aromatic carbocycles. The Morgan fingerprint density at radius 1 is 1.57 bits per heavy atom. The second kappa shape index (κ2) is 3.99. The summed E-state index contributed by atoms with van der Waals surface area (Å²) in [5.41, 5.74) is 1.83. The molecule has 1 aliphatic rings. The highest BCUT2D eigenvalue weighted by Crippen LogP contribution is 2.38. The van der Waals surface area contributed by atoms with Gasteiger partial charge in [-0.1, -0.05) is 13.8 Å². The van der Waals surface area contributed by atoms with E-state index in [1.54, 1.807) is 0 Å². The highest BCUT2D eigenvalue weighted by atomic mass is 16.5. The number of rotatable bonds is 3. The van der Waals surface area contributed by atoms with E-state index in [-0.39, 0.29) is 5.41 Å². The van der Waals surface area contributed by atoms with Gasteiger partial charge in [0.2, 0.25) is 0 Å². The molecule has 0 spiro atoms. The average Bonchev–Trinajstić information content (AvgIpc) is 2.02. The molecule has 78 valence electrons. The Balaban J connectivity index is 3.02. The summed E-state index contributed by atoms with van der Waals surface area (Å²) in [5.74, 6) is 0.987. The van der Waals surface area contributed by atoms with Crippen molar-refractivity contribution < 1.29 is 9.53 Å². The first-order valence-electron chi connectivity index (χ1n) is 5.01. The molecule has 0 saturated heterocycles.